The van der Waals surface area contributed by atoms with Crippen LogP contribution in [0, 0.1) is 13.8 Å². The second-order valence-electron chi connectivity index (χ2n) is 5.92. The lowest BCUT2D eigenvalue weighted by molar-refractivity contribution is 0.358. The van der Waals surface area contributed by atoms with E-state index in [0.29, 0.717) is 18.1 Å². The van der Waals surface area contributed by atoms with Gasteiger partial charge in [0.05, 0.1) is 0 Å². The molecule has 4 nitrogen and oxygen atoms in total. The van der Waals surface area contributed by atoms with Crippen molar-refractivity contribution in [3.63, 3.8) is 0 Å². The first-order chi connectivity index (χ1) is 9.26. The van der Waals surface area contributed by atoms with E-state index < -0.39 is 0 Å². The van der Waals surface area contributed by atoms with Crippen molar-refractivity contribution in [2.24, 2.45) is 5.73 Å². The molecule has 0 unspecified atom stereocenters. The minimum absolute atomic E-state index is 0.223. The zero-order valence-corrected chi connectivity index (χ0v) is 13.9. The van der Waals surface area contributed by atoms with E-state index in [2.05, 4.69) is 52.1 Å². The first kappa shape index (κ1) is 15.2. The van der Waals surface area contributed by atoms with Gasteiger partial charge in [-0.15, -0.1) is 0 Å². The van der Waals surface area contributed by atoms with E-state index >= 15 is 0 Å². The van der Waals surface area contributed by atoms with Crippen LogP contribution in [0.5, 0.6) is 0 Å². The predicted octanol–water partition coefficient (Wildman–Crippen LogP) is 3.79. The highest BCUT2D eigenvalue weighted by molar-refractivity contribution is 9.10. The number of aryl methyl sites for hydroxylation is 3. The van der Waals surface area contributed by atoms with E-state index in [1.165, 1.54) is 0 Å². The molecule has 0 atom stereocenters. The van der Waals surface area contributed by atoms with Crippen LogP contribution in [-0.4, -0.2) is 15.7 Å². The molecular formula is C15H20BrN3O. The fourth-order valence-electron chi connectivity index (χ4n) is 1.98. The first-order valence-corrected chi connectivity index (χ1v) is 7.44. The molecule has 1 heterocycles. The fourth-order valence-corrected chi connectivity index (χ4v) is 2.21. The number of benzene rings is 1. The Balaban J connectivity index is 2.21. The third kappa shape index (κ3) is 3.67. The zero-order chi connectivity index (χ0) is 14.9. The molecule has 20 heavy (non-hydrogen) atoms. The van der Waals surface area contributed by atoms with Gasteiger partial charge in [-0.05, 0) is 57.4 Å². The van der Waals surface area contributed by atoms with Gasteiger partial charge in [0.1, 0.15) is 0 Å². The van der Waals surface area contributed by atoms with Crippen LogP contribution < -0.4 is 5.73 Å². The summed E-state index contributed by atoms with van der Waals surface area (Å²) in [6, 6.07) is 4.11. The van der Waals surface area contributed by atoms with Crippen molar-refractivity contribution in [3.8, 4) is 11.4 Å². The molecule has 108 valence electrons. The Labute approximate surface area is 127 Å². The highest BCUT2D eigenvalue weighted by Crippen LogP contribution is 2.27. The number of nitrogens with zero attached hydrogens (tertiary/aromatic N) is 2. The van der Waals surface area contributed by atoms with E-state index in [9.17, 15) is 0 Å². The van der Waals surface area contributed by atoms with Gasteiger partial charge in [0.15, 0.2) is 0 Å². The number of hydrogen-bond acceptors (Lipinski definition) is 4. The van der Waals surface area contributed by atoms with E-state index in [0.717, 1.165) is 27.6 Å². The molecule has 2 N–H and O–H groups in total. The van der Waals surface area contributed by atoms with E-state index in [1.54, 1.807) is 0 Å². The molecule has 2 rings (SSSR count). The second-order valence-corrected chi connectivity index (χ2v) is 6.72. The maximum absolute atomic E-state index is 5.96. The van der Waals surface area contributed by atoms with Crippen LogP contribution in [0.2, 0.25) is 0 Å². The maximum Gasteiger partial charge on any atom is 0.227 e. The summed E-state index contributed by atoms with van der Waals surface area (Å²) in [5.74, 6) is 1.27. The smallest absolute Gasteiger partial charge is 0.227 e. The SMILES string of the molecule is Cc1cc(-c2noc(CCC(C)(C)N)n2)cc(C)c1Br. The maximum atomic E-state index is 5.96. The van der Waals surface area contributed by atoms with Gasteiger partial charge in [0, 0.05) is 22.0 Å². The first-order valence-electron chi connectivity index (χ1n) is 6.65. The molecule has 0 aliphatic rings. The fraction of sp³-hybridized carbons (Fsp3) is 0.467. The second kappa shape index (κ2) is 5.66. The molecule has 1 aromatic carbocycles. The third-order valence-corrected chi connectivity index (χ3v) is 4.40. The van der Waals surface area contributed by atoms with Crippen molar-refractivity contribution in [1.82, 2.24) is 10.1 Å². The van der Waals surface area contributed by atoms with Crippen molar-refractivity contribution in [3.05, 3.63) is 33.6 Å². The van der Waals surface area contributed by atoms with Gasteiger partial charge in [-0.1, -0.05) is 21.1 Å². The molecule has 1 aromatic heterocycles. The molecule has 5 heteroatoms. The van der Waals surface area contributed by atoms with Gasteiger partial charge in [-0.3, -0.25) is 0 Å². The lowest BCUT2D eigenvalue weighted by Gasteiger charge is -2.16. The van der Waals surface area contributed by atoms with E-state index in [-0.39, 0.29) is 5.54 Å². The molecule has 0 saturated carbocycles. The van der Waals surface area contributed by atoms with Gasteiger partial charge >= 0.3 is 0 Å². The van der Waals surface area contributed by atoms with Gasteiger partial charge in [0.2, 0.25) is 11.7 Å². The highest BCUT2D eigenvalue weighted by Gasteiger charge is 2.15. The van der Waals surface area contributed by atoms with Crippen LogP contribution in [0.15, 0.2) is 21.1 Å². The Morgan fingerprint density at radius 1 is 1.25 bits per heavy atom. The van der Waals surface area contributed by atoms with Crippen molar-refractivity contribution in [1.29, 1.82) is 0 Å². The summed E-state index contributed by atoms with van der Waals surface area (Å²) in [7, 11) is 0. The molecule has 0 fully saturated rings. The van der Waals surface area contributed by atoms with Crippen LogP contribution >= 0.6 is 15.9 Å². The summed E-state index contributed by atoms with van der Waals surface area (Å²) in [5.41, 5.74) is 9.04. The molecule has 2 aromatic rings. The lowest BCUT2D eigenvalue weighted by Crippen LogP contribution is -2.32. The normalized spacial score (nSPS) is 11.9. The van der Waals surface area contributed by atoms with Crippen LogP contribution in [0.1, 0.15) is 37.3 Å². The molecule has 0 radical (unpaired) electrons. The quantitative estimate of drug-likeness (QED) is 0.921. The average Bonchev–Trinajstić information content (AvgIpc) is 2.81. The standard InChI is InChI=1S/C15H20BrN3O/c1-9-7-11(8-10(2)13(9)16)14-18-12(20-19-14)5-6-15(3,4)17/h7-8H,5-6,17H2,1-4H3. The summed E-state index contributed by atoms with van der Waals surface area (Å²) < 4.78 is 6.42. The van der Waals surface area contributed by atoms with Gasteiger partial charge in [0.25, 0.3) is 0 Å². The molecule has 0 amide bonds. The minimum atomic E-state index is -0.223. The molecular weight excluding hydrogens is 318 g/mol. The van der Waals surface area contributed by atoms with Gasteiger partial charge in [-0.25, -0.2) is 0 Å². The molecule has 0 saturated heterocycles. The van der Waals surface area contributed by atoms with Crippen LogP contribution in [0.25, 0.3) is 11.4 Å². The Morgan fingerprint density at radius 3 is 2.40 bits per heavy atom. The van der Waals surface area contributed by atoms with Gasteiger partial charge < -0.3 is 10.3 Å². The van der Waals surface area contributed by atoms with Crippen molar-refractivity contribution in [2.45, 2.75) is 46.1 Å². The van der Waals surface area contributed by atoms with E-state index in [4.69, 9.17) is 10.3 Å². The Hall–Kier alpha value is -1.20. The number of hydrogen-bond donors (Lipinski definition) is 1. The molecule has 0 aliphatic carbocycles. The lowest BCUT2D eigenvalue weighted by atomic mass is 10.0. The topological polar surface area (TPSA) is 64.9 Å². The average molecular weight is 338 g/mol. The summed E-state index contributed by atoms with van der Waals surface area (Å²) in [4.78, 5) is 4.45. The number of aromatic nitrogens is 2. The molecule has 0 aliphatic heterocycles. The zero-order valence-electron chi connectivity index (χ0n) is 12.3. The summed E-state index contributed by atoms with van der Waals surface area (Å²) in [6.45, 7) is 8.09. The largest absolute Gasteiger partial charge is 0.339 e. The molecule has 0 bridgehead atoms. The molecule has 0 spiro atoms. The summed E-state index contributed by atoms with van der Waals surface area (Å²) >= 11 is 3.56. The Kier molecular flexibility index (Phi) is 4.30. The summed E-state index contributed by atoms with van der Waals surface area (Å²) in [5, 5.41) is 4.06. The predicted molar refractivity (Wildman–Crippen MR) is 83.5 cm³/mol. The highest BCUT2D eigenvalue weighted by atomic mass is 79.9. The summed E-state index contributed by atoms with van der Waals surface area (Å²) in [6.07, 6.45) is 1.51. The van der Waals surface area contributed by atoms with Crippen LogP contribution in [0.4, 0.5) is 0 Å². The van der Waals surface area contributed by atoms with Crippen molar-refractivity contribution >= 4 is 15.9 Å². The Morgan fingerprint density at radius 2 is 1.85 bits per heavy atom. The number of rotatable bonds is 4. The third-order valence-electron chi connectivity index (χ3n) is 3.15. The van der Waals surface area contributed by atoms with E-state index in [1.807, 2.05) is 13.8 Å². The number of nitrogens with two attached hydrogens (primary N) is 1. The van der Waals surface area contributed by atoms with Crippen LogP contribution in [-0.2, 0) is 6.42 Å². The minimum Gasteiger partial charge on any atom is -0.339 e. The van der Waals surface area contributed by atoms with Crippen molar-refractivity contribution in [2.75, 3.05) is 0 Å². The van der Waals surface area contributed by atoms with Crippen molar-refractivity contribution < 1.29 is 4.52 Å². The van der Waals surface area contributed by atoms with Crippen LogP contribution in [0.3, 0.4) is 0 Å². The van der Waals surface area contributed by atoms with Gasteiger partial charge in [-0.2, -0.15) is 4.98 Å². The Bertz CT molecular complexity index is 591. The number of halogens is 1. The monoisotopic (exact) mass is 337 g/mol.